The van der Waals surface area contributed by atoms with Gasteiger partial charge in [-0.3, -0.25) is 9.97 Å². The second-order valence-electron chi connectivity index (χ2n) is 5.60. The fourth-order valence-corrected chi connectivity index (χ4v) is 2.50. The molecule has 1 aromatic carbocycles. The van der Waals surface area contributed by atoms with E-state index in [4.69, 9.17) is 5.11 Å². The number of amides is 2. The van der Waals surface area contributed by atoms with Gasteiger partial charge in [0.05, 0.1) is 16.8 Å². The summed E-state index contributed by atoms with van der Waals surface area (Å²) in [4.78, 5) is 32.1. The number of benzene rings is 1. The molecule has 0 fully saturated rings. The van der Waals surface area contributed by atoms with Crippen LogP contribution >= 0.6 is 0 Å². The molecule has 3 N–H and O–H groups in total. The maximum atomic E-state index is 12.3. The molecule has 2 heterocycles. The molecule has 0 bridgehead atoms. The number of carbonyl (C=O) groups excluding carboxylic acids is 1. The SMILES string of the molecule is Cc1cc(NC(=O)Nc2ccc(C)c(C(=O)O)c2)c2ncccc2n1. The van der Waals surface area contributed by atoms with Gasteiger partial charge in [-0.1, -0.05) is 6.07 Å². The van der Waals surface area contributed by atoms with Crippen LogP contribution in [0.15, 0.2) is 42.6 Å². The van der Waals surface area contributed by atoms with E-state index in [-0.39, 0.29) is 5.56 Å². The highest BCUT2D eigenvalue weighted by atomic mass is 16.4. The molecule has 2 amide bonds. The number of carbonyl (C=O) groups is 2. The van der Waals surface area contributed by atoms with Crippen molar-refractivity contribution >= 4 is 34.4 Å². The molecule has 7 heteroatoms. The number of rotatable bonds is 3. The van der Waals surface area contributed by atoms with Gasteiger partial charge < -0.3 is 15.7 Å². The third kappa shape index (κ3) is 3.55. The summed E-state index contributed by atoms with van der Waals surface area (Å²) in [6.07, 6.45) is 1.63. The average Bonchev–Trinajstić information content (AvgIpc) is 2.56. The van der Waals surface area contributed by atoms with Crippen molar-refractivity contribution < 1.29 is 14.7 Å². The fourth-order valence-electron chi connectivity index (χ4n) is 2.50. The Morgan fingerprint density at radius 1 is 1.08 bits per heavy atom. The van der Waals surface area contributed by atoms with Crippen LogP contribution in [0.3, 0.4) is 0 Å². The zero-order valence-electron chi connectivity index (χ0n) is 13.7. The van der Waals surface area contributed by atoms with Gasteiger partial charge in [0.1, 0.15) is 5.52 Å². The minimum absolute atomic E-state index is 0.143. The van der Waals surface area contributed by atoms with E-state index in [0.29, 0.717) is 28.0 Å². The first-order valence-corrected chi connectivity index (χ1v) is 7.58. The smallest absolute Gasteiger partial charge is 0.336 e. The minimum Gasteiger partial charge on any atom is -0.478 e. The number of nitrogens with zero attached hydrogens (tertiary/aromatic N) is 2. The second kappa shape index (κ2) is 6.56. The lowest BCUT2D eigenvalue weighted by atomic mass is 10.1. The molecule has 0 unspecified atom stereocenters. The molecular weight excluding hydrogens is 320 g/mol. The predicted octanol–water partition coefficient (Wildman–Crippen LogP) is 3.59. The zero-order chi connectivity index (χ0) is 18.0. The number of aromatic carboxylic acids is 1. The van der Waals surface area contributed by atoms with Crippen molar-refractivity contribution in [2.24, 2.45) is 0 Å². The van der Waals surface area contributed by atoms with Crippen molar-refractivity contribution in [1.82, 2.24) is 9.97 Å². The first-order valence-electron chi connectivity index (χ1n) is 7.58. The van der Waals surface area contributed by atoms with Crippen molar-refractivity contribution in [3.63, 3.8) is 0 Å². The summed E-state index contributed by atoms with van der Waals surface area (Å²) in [6, 6.07) is 9.55. The van der Waals surface area contributed by atoms with Crippen LogP contribution in [0.4, 0.5) is 16.2 Å². The Bertz CT molecular complexity index is 985. The third-order valence-corrected chi connectivity index (χ3v) is 3.67. The number of pyridine rings is 2. The maximum Gasteiger partial charge on any atom is 0.336 e. The molecule has 7 nitrogen and oxygen atoms in total. The quantitative estimate of drug-likeness (QED) is 0.678. The summed E-state index contributed by atoms with van der Waals surface area (Å²) in [5.74, 6) is -1.04. The summed E-state index contributed by atoms with van der Waals surface area (Å²) in [5, 5.41) is 14.5. The lowest BCUT2D eigenvalue weighted by Gasteiger charge is -2.11. The van der Waals surface area contributed by atoms with Gasteiger partial charge in [0.15, 0.2) is 0 Å². The standard InChI is InChI=1S/C18H16N4O3/c1-10-5-6-12(9-13(10)17(23)24)21-18(25)22-15-8-11(2)20-14-4-3-7-19-16(14)15/h3-9H,1-2H3,(H,23,24)(H2,20,21,22,25). The summed E-state index contributed by atoms with van der Waals surface area (Å²) in [5.41, 5.74) is 3.71. The number of hydrogen-bond acceptors (Lipinski definition) is 4. The third-order valence-electron chi connectivity index (χ3n) is 3.67. The summed E-state index contributed by atoms with van der Waals surface area (Å²) < 4.78 is 0. The molecule has 0 radical (unpaired) electrons. The molecule has 0 aliphatic heterocycles. The molecule has 0 aliphatic carbocycles. The first-order chi connectivity index (χ1) is 11.9. The van der Waals surface area contributed by atoms with E-state index in [1.807, 2.05) is 13.0 Å². The Morgan fingerprint density at radius 3 is 2.64 bits per heavy atom. The highest BCUT2D eigenvalue weighted by molar-refractivity contribution is 6.05. The van der Waals surface area contributed by atoms with E-state index in [2.05, 4.69) is 20.6 Å². The largest absolute Gasteiger partial charge is 0.478 e. The van der Waals surface area contributed by atoms with Gasteiger partial charge in [-0.05, 0) is 49.7 Å². The molecular formula is C18H16N4O3. The highest BCUT2D eigenvalue weighted by Crippen LogP contribution is 2.21. The molecule has 2 aromatic heterocycles. The number of carboxylic acids is 1. The number of anilines is 2. The molecule has 0 aliphatic rings. The summed E-state index contributed by atoms with van der Waals surface area (Å²) >= 11 is 0. The second-order valence-corrected chi connectivity index (χ2v) is 5.60. The number of carboxylic acid groups (broad SMARTS) is 1. The molecule has 3 aromatic rings. The Labute approximate surface area is 143 Å². The number of aromatic nitrogens is 2. The van der Waals surface area contributed by atoms with Crippen LogP contribution in [0, 0.1) is 13.8 Å². The van der Waals surface area contributed by atoms with Crippen molar-refractivity contribution in [1.29, 1.82) is 0 Å². The van der Waals surface area contributed by atoms with Crippen molar-refractivity contribution in [3.8, 4) is 0 Å². The summed E-state index contributed by atoms with van der Waals surface area (Å²) in [7, 11) is 0. The minimum atomic E-state index is -1.04. The topological polar surface area (TPSA) is 104 Å². The van der Waals surface area contributed by atoms with Crippen molar-refractivity contribution in [2.75, 3.05) is 10.6 Å². The Morgan fingerprint density at radius 2 is 1.88 bits per heavy atom. The number of fused-ring (bicyclic) bond motifs is 1. The maximum absolute atomic E-state index is 12.3. The van der Waals surface area contributed by atoms with Gasteiger partial charge in [0.2, 0.25) is 0 Å². The van der Waals surface area contributed by atoms with E-state index in [1.165, 1.54) is 6.07 Å². The first kappa shape index (κ1) is 16.4. The van der Waals surface area contributed by atoms with Gasteiger partial charge in [-0.2, -0.15) is 0 Å². The number of urea groups is 1. The molecule has 25 heavy (non-hydrogen) atoms. The fraction of sp³-hybridized carbons (Fsp3) is 0.111. The molecule has 3 rings (SSSR count). The van der Waals surface area contributed by atoms with Gasteiger partial charge in [-0.15, -0.1) is 0 Å². The lowest BCUT2D eigenvalue weighted by Crippen LogP contribution is -2.20. The Balaban J connectivity index is 1.84. The van der Waals surface area contributed by atoms with E-state index in [9.17, 15) is 9.59 Å². The highest BCUT2D eigenvalue weighted by Gasteiger charge is 2.11. The average molecular weight is 336 g/mol. The molecule has 0 spiro atoms. The van der Waals surface area contributed by atoms with E-state index < -0.39 is 12.0 Å². The number of aryl methyl sites for hydroxylation is 2. The molecule has 0 saturated heterocycles. The van der Waals surface area contributed by atoms with Crippen LogP contribution in [0.1, 0.15) is 21.6 Å². The molecule has 126 valence electrons. The van der Waals surface area contributed by atoms with Gasteiger partial charge >= 0.3 is 12.0 Å². The van der Waals surface area contributed by atoms with Crippen molar-refractivity contribution in [2.45, 2.75) is 13.8 Å². The number of hydrogen-bond donors (Lipinski definition) is 3. The Kier molecular flexibility index (Phi) is 4.30. The monoisotopic (exact) mass is 336 g/mol. The summed E-state index contributed by atoms with van der Waals surface area (Å²) in [6.45, 7) is 3.53. The van der Waals surface area contributed by atoms with E-state index in [0.717, 1.165) is 5.69 Å². The van der Waals surface area contributed by atoms with Crippen LogP contribution in [0.5, 0.6) is 0 Å². The van der Waals surface area contributed by atoms with Crippen LogP contribution in [0.25, 0.3) is 11.0 Å². The van der Waals surface area contributed by atoms with Gasteiger partial charge in [-0.25, -0.2) is 9.59 Å². The van der Waals surface area contributed by atoms with Crippen molar-refractivity contribution in [3.05, 3.63) is 59.4 Å². The van der Waals surface area contributed by atoms with Gasteiger partial charge in [0, 0.05) is 17.6 Å². The van der Waals surface area contributed by atoms with Crippen LogP contribution < -0.4 is 10.6 Å². The van der Waals surface area contributed by atoms with E-state index in [1.54, 1.807) is 37.4 Å². The van der Waals surface area contributed by atoms with Gasteiger partial charge in [0.25, 0.3) is 0 Å². The number of nitrogens with one attached hydrogen (secondary N) is 2. The Hall–Kier alpha value is -3.48. The van der Waals surface area contributed by atoms with Crippen LogP contribution in [0.2, 0.25) is 0 Å². The van der Waals surface area contributed by atoms with Crippen LogP contribution in [-0.4, -0.2) is 27.1 Å². The predicted molar refractivity (Wildman–Crippen MR) is 95.1 cm³/mol. The lowest BCUT2D eigenvalue weighted by molar-refractivity contribution is 0.0696. The molecule has 0 saturated carbocycles. The molecule has 0 atom stereocenters. The normalized spacial score (nSPS) is 10.5. The van der Waals surface area contributed by atoms with Crippen LogP contribution in [-0.2, 0) is 0 Å². The van der Waals surface area contributed by atoms with E-state index >= 15 is 0 Å². The zero-order valence-corrected chi connectivity index (χ0v) is 13.7.